The smallest absolute Gasteiger partial charge is 0.270 e. The second-order valence-corrected chi connectivity index (χ2v) is 6.08. The van der Waals surface area contributed by atoms with E-state index in [0.29, 0.717) is 0 Å². The van der Waals surface area contributed by atoms with Crippen molar-refractivity contribution in [3.63, 3.8) is 0 Å². The molecule has 0 aliphatic heterocycles. The monoisotopic (exact) mass is 321 g/mol. The second kappa shape index (κ2) is 6.64. The van der Waals surface area contributed by atoms with Gasteiger partial charge >= 0.3 is 0 Å². The molecule has 0 heterocycles. The highest BCUT2D eigenvalue weighted by Crippen LogP contribution is 2.21. The number of hydrogen-bond acceptors (Lipinski definition) is 5. The number of amides is 1. The summed E-state index contributed by atoms with van der Waals surface area (Å²) in [5.74, 6) is -0.617. The van der Waals surface area contributed by atoms with Gasteiger partial charge in [-0.25, -0.2) is 13.1 Å². The van der Waals surface area contributed by atoms with E-state index in [1.54, 1.807) is 0 Å². The number of benzene rings is 1. The molecule has 0 saturated heterocycles. The van der Waals surface area contributed by atoms with Crippen molar-refractivity contribution in [2.45, 2.75) is 0 Å². The Morgan fingerprint density at radius 3 is 2.60 bits per heavy atom. The van der Waals surface area contributed by atoms with Crippen molar-refractivity contribution in [2.75, 3.05) is 19.3 Å². The van der Waals surface area contributed by atoms with Crippen LogP contribution >= 0.6 is 11.6 Å². The highest BCUT2D eigenvalue weighted by atomic mass is 35.5. The SMILES string of the molecule is CS(=O)(=O)NCCNC(=O)c1cc([N+](=O)[O-])ccc1Cl. The summed E-state index contributed by atoms with van der Waals surface area (Å²) in [6.07, 6.45) is 0.992. The van der Waals surface area contributed by atoms with Crippen LogP contribution in [0.2, 0.25) is 5.02 Å². The Kier molecular flexibility index (Phi) is 5.43. The van der Waals surface area contributed by atoms with Crippen molar-refractivity contribution < 1.29 is 18.1 Å². The zero-order valence-electron chi connectivity index (χ0n) is 10.4. The van der Waals surface area contributed by atoms with E-state index in [-0.39, 0.29) is 29.4 Å². The number of carbonyl (C=O) groups excluding carboxylic acids is 1. The van der Waals surface area contributed by atoms with Gasteiger partial charge in [0.05, 0.1) is 21.8 Å². The molecule has 1 aromatic carbocycles. The number of nitro benzene ring substituents is 1. The number of carbonyl (C=O) groups is 1. The van der Waals surface area contributed by atoms with E-state index >= 15 is 0 Å². The Balaban J connectivity index is 2.68. The standard InChI is InChI=1S/C10H12ClN3O5S/c1-20(18,19)13-5-4-12-10(15)8-6-7(14(16)17)2-3-9(8)11/h2-3,6,13H,4-5H2,1H3,(H,12,15). The topological polar surface area (TPSA) is 118 Å². The van der Waals surface area contributed by atoms with Gasteiger partial charge in [0.25, 0.3) is 11.6 Å². The largest absolute Gasteiger partial charge is 0.351 e. The van der Waals surface area contributed by atoms with Gasteiger partial charge in [-0.15, -0.1) is 0 Å². The minimum atomic E-state index is -3.33. The lowest BCUT2D eigenvalue weighted by atomic mass is 10.2. The van der Waals surface area contributed by atoms with E-state index in [0.717, 1.165) is 12.3 Å². The summed E-state index contributed by atoms with van der Waals surface area (Å²) in [5.41, 5.74) is -0.297. The van der Waals surface area contributed by atoms with Crippen LogP contribution in [-0.4, -0.2) is 38.6 Å². The van der Waals surface area contributed by atoms with Crippen LogP contribution < -0.4 is 10.0 Å². The number of hydrogen-bond donors (Lipinski definition) is 2. The van der Waals surface area contributed by atoms with Crippen molar-refractivity contribution in [3.05, 3.63) is 38.9 Å². The van der Waals surface area contributed by atoms with E-state index < -0.39 is 20.9 Å². The first kappa shape index (κ1) is 16.3. The molecule has 0 radical (unpaired) electrons. The molecule has 10 heteroatoms. The average Bonchev–Trinajstić information content (AvgIpc) is 2.33. The van der Waals surface area contributed by atoms with Crippen LogP contribution in [0.5, 0.6) is 0 Å². The fraction of sp³-hybridized carbons (Fsp3) is 0.300. The minimum Gasteiger partial charge on any atom is -0.351 e. The molecule has 2 N–H and O–H groups in total. The lowest BCUT2D eigenvalue weighted by molar-refractivity contribution is -0.384. The third-order valence-electron chi connectivity index (χ3n) is 2.18. The molecule has 8 nitrogen and oxygen atoms in total. The van der Waals surface area contributed by atoms with E-state index in [4.69, 9.17) is 11.6 Å². The van der Waals surface area contributed by atoms with Gasteiger partial charge in [-0.1, -0.05) is 11.6 Å². The van der Waals surface area contributed by atoms with Gasteiger partial charge in [-0.05, 0) is 6.07 Å². The molecule has 0 unspecified atom stereocenters. The molecule has 0 aromatic heterocycles. The number of nitrogens with zero attached hydrogens (tertiary/aromatic N) is 1. The van der Waals surface area contributed by atoms with E-state index in [1.165, 1.54) is 12.1 Å². The molecule has 0 saturated carbocycles. The normalized spacial score (nSPS) is 11.1. The van der Waals surface area contributed by atoms with Crippen molar-refractivity contribution in [2.24, 2.45) is 0 Å². The number of nitrogens with one attached hydrogen (secondary N) is 2. The first-order valence-corrected chi connectivity index (χ1v) is 7.64. The zero-order chi connectivity index (χ0) is 15.3. The average molecular weight is 322 g/mol. The van der Waals surface area contributed by atoms with Crippen LogP contribution in [0.4, 0.5) is 5.69 Å². The van der Waals surface area contributed by atoms with Crippen LogP contribution in [-0.2, 0) is 10.0 Å². The number of rotatable bonds is 6. The van der Waals surface area contributed by atoms with Crippen LogP contribution in [0.1, 0.15) is 10.4 Å². The quantitative estimate of drug-likeness (QED) is 0.450. The molecule has 0 fully saturated rings. The lowest BCUT2D eigenvalue weighted by Crippen LogP contribution is -2.34. The summed E-state index contributed by atoms with van der Waals surface area (Å²) in [6.45, 7) is 0.0437. The molecule has 1 amide bonds. The third kappa shape index (κ3) is 5.11. The number of nitro groups is 1. The van der Waals surface area contributed by atoms with Crippen molar-refractivity contribution in [1.29, 1.82) is 0 Å². The van der Waals surface area contributed by atoms with Crippen molar-refractivity contribution >= 4 is 33.2 Å². The van der Waals surface area contributed by atoms with Gasteiger partial charge in [0.1, 0.15) is 0 Å². The molecule has 0 aliphatic rings. The van der Waals surface area contributed by atoms with Crippen LogP contribution in [0.3, 0.4) is 0 Å². The number of sulfonamides is 1. The summed E-state index contributed by atoms with van der Waals surface area (Å²) in [4.78, 5) is 21.7. The summed E-state index contributed by atoms with van der Waals surface area (Å²) >= 11 is 5.79. The van der Waals surface area contributed by atoms with Crippen LogP contribution in [0, 0.1) is 10.1 Å². The molecule has 0 spiro atoms. The molecule has 0 atom stereocenters. The first-order chi connectivity index (χ1) is 9.20. The maximum absolute atomic E-state index is 11.8. The Hall–Kier alpha value is -1.71. The van der Waals surface area contributed by atoms with E-state index in [9.17, 15) is 23.3 Å². The Labute approximate surface area is 120 Å². The third-order valence-corrected chi connectivity index (χ3v) is 3.24. The van der Waals surface area contributed by atoms with Crippen molar-refractivity contribution in [1.82, 2.24) is 10.0 Å². The van der Waals surface area contributed by atoms with Crippen molar-refractivity contribution in [3.8, 4) is 0 Å². The zero-order valence-corrected chi connectivity index (χ0v) is 12.0. The number of non-ortho nitro benzene ring substituents is 1. The van der Waals surface area contributed by atoms with E-state index in [1.807, 2.05) is 0 Å². The maximum atomic E-state index is 11.8. The molecular weight excluding hydrogens is 310 g/mol. The highest BCUT2D eigenvalue weighted by molar-refractivity contribution is 7.88. The first-order valence-electron chi connectivity index (χ1n) is 5.37. The summed E-state index contributed by atoms with van der Waals surface area (Å²) in [5, 5.41) is 13.1. The molecule has 1 rings (SSSR count). The molecule has 0 aliphatic carbocycles. The summed E-state index contributed by atoms with van der Waals surface area (Å²) in [7, 11) is -3.33. The lowest BCUT2D eigenvalue weighted by Gasteiger charge is -2.07. The van der Waals surface area contributed by atoms with Gasteiger partial charge in [-0.3, -0.25) is 14.9 Å². The molecule has 1 aromatic rings. The number of halogens is 1. The highest BCUT2D eigenvalue weighted by Gasteiger charge is 2.15. The maximum Gasteiger partial charge on any atom is 0.270 e. The van der Waals surface area contributed by atoms with Crippen LogP contribution in [0.15, 0.2) is 18.2 Å². The van der Waals surface area contributed by atoms with E-state index in [2.05, 4.69) is 10.0 Å². The van der Waals surface area contributed by atoms with Gasteiger partial charge in [0.2, 0.25) is 10.0 Å². The molecule has 110 valence electrons. The fourth-order valence-electron chi connectivity index (χ4n) is 1.31. The summed E-state index contributed by atoms with van der Waals surface area (Å²) in [6, 6.07) is 3.50. The predicted octanol–water partition coefficient (Wildman–Crippen LogP) is 0.527. The van der Waals surface area contributed by atoms with Gasteiger partial charge in [0.15, 0.2) is 0 Å². The molecule has 20 heavy (non-hydrogen) atoms. The van der Waals surface area contributed by atoms with Gasteiger partial charge in [0, 0.05) is 25.2 Å². The minimum absolute atomic E-state index is 0.0110. The van der Waals surface area contributed by atoms with Gasteiger partial charge < -0.3 is 5.32 Å². The fourth-order valence-corrected chi connectivity index (χ4v) is 1.98. The Morgan fingerprint density at radius 1 is 1.40 bits per heavy atom. The van der Waals surface area contributed by atoms with Gasteiger partial charge in [-0.2, -0.15) is 0 Å². The summed E-state index contributed by atoms with van der Waals surface area (Å²) < 4.78 is 23.8. The predicted molar refractivity (Wildman–Crippen MR) is 73.3 cm³/mol. The Morgan fingerprint density at radius 2 is 2.05 bits per heavy atom. The molecular formula is C10H12ClN3O5S. The Bertz CT molecular complexity index is 632. The van der Waals surface area contributed by atoms with Crippen LogP contribution in [0.25, 0.3) is 0 Å². The second-order valence-electron chi connectivity index (χ2n) is 3.84. The molecule has 0 bridgehead atoms.